The van der Waals surface area contributed by atoms with E-state index >= 15 is 0 Å². The van der Waals surface area contributed by atoms with E-state index in [1.165, 1.54) is 11.3 Å². The van der Waals surface area contributed by atoms with E-state index in [9.17, 15) is 4.79 Å². The van der Waals surface area contributed by atoms with Gasteiger partial charge >= 0.3 is 0 Å². The number of hydrogen-bond donors (Lipinski definition) is 1. The standard InChI is InChI=1S/C17H24N4OS/c1-4-10-14(21(5-2)6-3)15(22)18-17-20-19-16(23-17)13-11-8-7-9-12-13/h7-9,11-12,14H,4-6,10H2,1-3H3,(H,18,20,22). The summed E-state index contributed by atoms with van der Waals surface area (Å²) in [5.41, 5.74) is 1.01. The average molecular weight is 332 g/mol. The molecule has 0 radical (unpaired) electrons. The van der Waals surface area contributed by atoms with E-state index in [1.807, 2.05) is 30.3 Å². The van der Waals surface area contributed by atoms with Gasteiger partial charge in [0.2, 0.25) is 11.0 Å². The Morgan fingerprint density at radius 3 is 2.48 bits per heavy atom. The van der Waals surface area contributed by atoms with Gasteiger partial charge in [-0.3, -0.25) is 15.0 Å². The molecule has 23 heavy (non-hydrogen) atoms. The normalized spacial score (nSPS) is 12.3. The lowest BCUT2D eigenvalue weighted by Crippen LogP contribution is -2.43. The van der Waals surface area contributed by atoms with Crippen LogP contribution in [0.2, 0.25) is 0 Å². The number of rotatable bonds is 8. The lowest BCUT2D eigenvalue weighted by Gasteiger charge is -2.27. The van der Waals surface area contributed by atoms with Crippen molar-refractivity contribution in [3.63, 3.8) is 0 Å². The Hall–Kier alpha value is -1.79. The second kappa shape index (κ2) is 8.74. The molecule has 2 aromatic rings. The number of nitrogens with zero attached hydrogens (tertiary/aromatic N) is 3. The number of carbonyl (C=O) groups is 1. The number of anilines is 1. The van der Waals surface area contributed by atoms with Crippen LogP contribution in [0, 0.1) is 0 Å². The average Bonchev–Trinajstić information content (AvgIpc) is 3.04. The van der Waals surface area contributed by atoms with Crippen LogP contribution >= 0.6 is 11.3 Å². The minimum absolute atomic E-state index is 0.00584. The summed E-state index contributed by atoms with van der Waals surface area (Å²) in [6.07, 6.45) is 1.82. The van der Waals surface area contributed by atoms with Gasteiger partial charge in [0.05, 0.1) is 6.04 Å². The monoisotopic (exact) mass is 332 g/mol. The molecule has 1 aromatic carbocycles. The third kappa shape index (κ3) is 4.59. The third-order valence-corrected chi connectivity index (χ3v) is 4.68. The minimum atomic E-state index is -0.112. The van der Waals surface area contributed by atoms with E-state index in [0.717, 1.165) is 36.5 Å². The second-order valence-electron chi connectivity index (χ2n) is 5.29. The Bertz CT molecular complexity index is 610. The first-order valence-electron chi connectivity index (χ1n) is 8.13. The molecule has 1 unspecified atom stereocenters. The van der Waals surface area contributed by atoms with Gasteiger partial charge < -0.3 is 0 Å². The maximum Gasteiger partial charge on any atom is 0.243 e. The summed E-state index contributed by atoms with van der Waals surface area (Å²) in [5.74, 6) is 0.00584. The zero-order valence-corrected chi connectivity index (χ0v) is 14.8. The molecular formula is C17H24N4OS. The maximum absolute atomic E-state index is 12.6. The molecule has 0 bridgehead atoms. The molecule has 0 fully saturated rings. The SMILES string of the molecule is CCCC(C(=O)Nc1nnc(-c2ccccc2)s1)N(CC)CC. The van der Waals surface area contributed by atoms with Crippen LogP contribution in [0.5, 0.6) is 0 Å². The van der Waals surface area contributed by atoms with Gasteiger partial charge in [-0.1, -0.05) is 68.9 Å². The van der Waals surface area contributed by atoms with Crippen LogP contribution in [-0.4, -0.2) is 40.1 Å². The van der Waals surface area contributed by atoms with Crippen molar-refractivity contribution in [1.29, 1.82) is 0 Å². The highest BCUT2D eigenvalue weighted by Gasteiger charge is 2.24. The fourth-order valence-corrected chi connectivity index (χ4v) is 3.33. The van der Waals surface area contributed by atoms with Crippen LogP contribution in [0.4, 0.5) is 5.13 Å². The number of likely N-dealkylation sites (N-methyl/N-ethyl adjacent to an activating group) is 1. The number of carbonyl (C=O) groups excluding carboxylic acids is 1. The summed E-state index contributed by atoms with van der Waals surface area (Å²) in [6, 6.07) is 9.76. The van der Waals surface area contributed by atoms with Gasteiger partial charge in [-0.05, 0) is 19.5 Å². The lowest BCUT2D eigenvalue weighted by atomic mass is 10.1. The quantitative estimate of drug-likeness (QED) is 0.801. The smallest absolute Gasteiger partial charge is 0.243 e. The van der Waals surface area contributed by atoms with Crippen molar-refractivity contribution in [1.82, 2.24) is 15.1 Å². The summed E-state index contributed by atoms with van der Waals surface area (Å²) >= 11 is 1.40. The van der Waals surface area contributed by atoms with E-state index in [1.54, 1.807) is 0 Å². The number of hydrogen-bond acceptors (Lipinski definition) is 5. The van der Waals surface area contributed by atoms with Gasteiger partial charge in [0.25, 0.3) is 0 Å². The molecule has 0 saturated heterocycles. The van der Waals surface area contributed by atoms with E-state index in [2.05, 4.69) is 41.2 Å². The predicted molar refractivity (Wildman–Crippen MR) is 95.6 cm³/mol. The molecule has 0 aliphatic carbocycles. The molecule has 1 aromatic heterocycles. The molecule has 1 heterocycles. The molecule has 5 nitrogen and oxygen atoms in total. The van der Waals surface area contributed by atoms with Crippen molar-refractivity contribution in [2.45, 2.75) is 39.7 Å². The largest absolute Gasteiger partial charge is 0.299 e. The first-order valence-corrected chi connectivity index (χ1v) is 8.95. The van der Waals surface area contributed by atoms with Gasteiger partial charge in [-0.25, -0.2) is 0 Å². The number of nitrogens with one attached hydrogen (secondary N) is 1. The zero-order chi connectivity index (χ0) is 16.7. The van der Waals surface area contributed by atoms with E-state index in [4.69, 9.17) is 0 Å². The van der Waals surface area contributed by atoms with Crippen LogP contribution < -0.4 is 5.32 Å². The molecule has 0 saturated carbocycles. The number of benzene rings is 1. The maximum atomic E-state index is 12.6. The Kier molecular flexibility index (Phi) is 6.67. The van der Waals surface area contributed by atoms with Crippen molar-refractivity contribution < 1.29 is 4.79 Å². The fraction of sp³-hybridized carbons (Fsp3) is 0.471. The van der Waals surface area contributed by atoms with Gasteiger partial charge in [0.1, 0.15) is 5.01 Å². The fourth-order valence-electron chi connectivity index (χ4n) is 2.58. The topological polar surface area (TPSA) is 58.1 Å². The van der Waals surface area contributed by atoms with Crippen molar-refractivity contribution in [3.05, 3.63) is 30.3 Å². The molecule has 6 heteroatoms. The van der Waals surface area contributed by atoms with Crippen molar-refractivity contribution in [2.75, 3.05) is 18.4 Å². The molecule has 0 aliphatic rings. The van der Waals surface area contributed by atoms with E-state index in [-0.39, 0.29) is 11.9 Å². The highest BCUT2D eigenvalue weighted by molar-refractivity contribution is 7.18. The van der Waals surface area contributed by atoms with Crippen molar-refractivity contribution in [3.8, 4) is 10.6 Å². The third-order valence-electron chi connectivity index (χ3n) is 3.79. The predicted octanol–water partition coefficient (Wildman–Crippen LogP) is 3.65. The lowest BCUT2D eigenvalue weighted by molar-refractivity contribution is -0.121. The molecule has 1 amide bonds. The van der Waals surface area contributed by atoms with Gasteiger partial charge in [0, 0.05) is 5.56 Å². The van der Waals surface area contributed by atoms with Crippen LogP contribution in [0.25, 0.3) is 10.6 Å². The second-order valence-corrected chi connectivity index (χ2v) is 6.27. The molecule has 0 spiro atoms. The molecule has 2 rings (SSSR count). The van der Waals surface area contributed by atoms with Crippen LogP contribution in [-0.2, 0) is 4.79 Å². The van der Waals surface area contributed by atoms with Gasteiger partial charge in [-0.2, -0.15) is 0 Å². The molecular weight excluding hydrogens is 308 g/mol. The summed E-state index contributed by atoms with van der Waals surface area (Å²) in [5, 5.41) is 12.6. The Morgan fingerprint density at radius 1 is 1.17 bits per heavy atom. The van der Waals surface area contributed by atoms with Gasteiger partial charge in [-0.15, -0.1) is 10.2 Å². The Morgan fingerprint density at radius 2 is 1.87 bits per heavy atom. The first-order chi connectivity index (χ1) is 11.2. The van der Waals surface area contributed by atoms with Crippen molar-refractivity contribution >= 4 is 22.4 Å². The Labute approximate surface area is 141 Å². The summed E-state index contributed by atoms with van der Waals surface area (Å²) < 4.78 is 0. The van der Waals surface area contributed by atoms with Gasteiger partial charge in [0.15, 0.2) is 0 Å². The van der Waals surface area contributed by atoms with Crippen LogP contribution in [0.3, 0.4) is 0 Å². The van der Waals surface area contributed by atoms with E-state index in [0.29, 0.717) is 5.13 Å². The highest BCUT2D eigenvalue weighted by Crippen LogP contribution is 2.26. The Balaban J connectivity index is 2.08. The number of amides is 1. The van der Waals surface area contributed by atoms with Crippen LogP contribution in [0.15, 0.2) is 30.3 Å². The van der Waals surface area contributed by atoms with Crippen molar-refractivity contribution in [2.24, 2.45) is 0 Å². The summed E-state index contributed by atoms with van der Waals surface area (Å²) in [6.45, 7) is 7.98. The molecule has 124 valence electrons. The highest BCUT2D eigenvalue weighted by atomic mass is 32.1. The minimum Gasteiger partial charge on any atom is -0.299 e. The molecule has 1 N–H and O–H groups in total. The molecule has 1 atom stereocenters. The zero-order valence-electron chi connectivity index (χ0n) is 14.0. The summed E-state index contributed by atoms with van der Waals surface area (Å²) in [7, 11) is 0. The first kappa shape index (κ1) is 17.6. The number of aromatic nitrogens is 2. The summed E-state index contributed by atoms with van der Waals surface area (Å²) in [4.78, 5) is 14.8. The van der Waals surface area contributed by atoms with E-state index < -0.39 is 0 Å². The van der Waals surface area contributed by atoms with Crippen LogP contribution in [0.1, 0.15) is 33.6 Å². The molecule has 0 aliphatic heterocycles.